The van der Waals surface area contributed by atoms with Crippen LogP contribution in [0.25, 0.3) is 0 Å². The summed E-state index contributed by atoms with van der Waals surface area (Å²) in [7, 11) is 1.77. The second kappa shape index (κ2) is 3.69. The van der Waals surface area contributed by atoms with Crippen LogP contribution < -0.4 is 11.1 Å². The summed E-state index contributed by atoms with van der Waals surface area (Å²) in [5.74, 6) is 0.348. The van der Waals surface area contributed by atoms with Gasteiger partial charge < -0.3 is 11.1 Å². The average molecular weight is 220 g/mol. The summed E-state index contributed by atoms with van der Waals surface area (Å²) < 4.78 is 1.60. The largest absolute Gasteiger partial charge is 0.382 e. The lowest BCUT2D eigenvalue weighted by Gasteiger charge is -2.01. The van der Waals surface area contributed by atoms with Crippen LogP contribution in [0.15, 0.2) is 12.3 Å². The zero-order chi connectivity index (χ0) is 11.7. The lowest BCUT2D eigenvalue weighted by molar-refractivity contribution is 0.102. The lowest BCUT2D eigenvalue weighted by Crippen LogP contribution is -2.14. The highest BCUT2D eigenvalue weighted by atomic mass is 16.1. The Morgan fingerprint density at radius 1 is 1.62 bits per heavy atom. The van der Waals surface area contributed by atoms with Crippen molar-refractivity contribution in [2.24, 2.45) is 7.05 Å². The molecule has 1 amide bonds. The Balaban J connectivity index is 2.21. The van der Waals surface area contributed by atoms with Crippen molar-refractivity contribution in [3.05, 3.63) is 23.5 Å². The van der Waals surface area contributed by atoms with Crippen molar-refractivity contribution in [2.75, 3.05) is 11.1 Å². The van der Waals surface area contributed by atoms with Gasteiger partial charge >= 0.3 is 0 Å². The third-order valence-electron chi connectivity index (χ3n) is 2.16. The first-order valence-electron chi connectivity index (χ1n) is 4.69. The molecule has 84 valence electrons. The Kier molecular flexibility index (Phi) is 2.35. The van der Waals surface area contributed by atoms with Crippen LogP contribution in [-0.2, 0) is 7.05 Å². The first-order valence-corrected chi connectivity index (χ1v) is 4.69. The molecule has 0 saturated heterocycles. The normalized spacial score (nSPS) is 10.4. The molecule has 0 aliphatic carbocycles. The lowest BCUT2D eigenvalue weighted by atomic mass is 10.2. The Labute approximate surface area is 91.6 Å². The van der Waals surface area contributed by atoms with Crippen LogP contribution in [0.5, 0.6) is 0 Å². The van der Waals surface area contributed by atoms with Gasteiger partial charge in [-0.2, -0.15) is 10.2 Å². The van der Waals surface area contributed by atoms with E-state index >= 15 is 0 Å². The number of anilines is 2. The van der Waals surface area contributed by atoms with E-state index in [0.29, 0.717) is 17.1 Å². The van der Waals surface area contributed by atoms with Crippen molar-refractivity contribution >= 4 is 17.5 Å². The summed E-state index contributed by atoms with van der Waals surface area (Å²) in [4.78, 5) is 11.8. The number of nitrogens with zero attached hydrogens (tertiary/aromatic N) is 3. The number of nitrogens with one attached hydrogen (secondary N) is 2. The Hall–Kier alpha value is -2.31. The number of H-pyrrole nitrogens is 1. The third-order valence-corrected chi connectivity index (χ3v) is 2.16. The van der Waals surface area contributed by atoms with Crippen LogP contribution in [0.4, 0.5) is 11.6 Å². The summed E-state index contributed by atoms with van der Waals surface area (Å²) in [6.07, 6.45) is 1.74. The van der Waals surface area contributed by atoms with E-state index in [1.165, 1.54) is 0 Å². The molecule has 2 heterocycles. The van der Waals surface area contributed by atoms with Crippen molar-refractivity contribution < 1.29 is 4.79 Å². The van der Waals surface area contributed by atoms with Crippen molar-refractivity contribution in [3.63, 3.8) is 0 Å². The average Bonchev–Trinajstić information content (AvgIpc) is 2.74. The van der Waals surface area contributed by atoms with Gasteiger partial charge in [0.1, 0.15) is 5.56 Å². The maximum Gasteiger partial charge on any atom is 0.262 e. The maximum absolute atomic E-state index is 11.8. The van der Waals surface area contributed by atoms with Gasteiger partial charge in [0, 0.05) is 25.0 Å². The van der Waals surface area contributed by atoms with Crippen LogP contribution in [0, 0.1) is 6.92 Å². The zero-order valence-electron chi connectivity index (χ0n) is 8.98. The SMILES string of the molecule is Cc1[nH]nc(N)c1C(=O)Nc1ccn(C)n1. The van der Waals surface area contributed by atoms with Crippen LogP contribution in [0.3, 0.4) is 0 Å². The van der Waals surface area contributed by atoms with Gasteiger partial charge in [-0.05, 0) is 6.92 Å². The predicted octanol–water partition coefficient (Wildman–Crippen LogP) is 0.286. The molecule has 0 aliphatic rings. The fourth-order valence-corrected chi connectivity index (χ4v) is 1.40. The topological polar surface area (TPSA) is 102 Å². The Morgan fingerprint density at radius 2 is 2.38 bits per heavy atom. The molecule has 0 atom stereocenters. The number of aromatic amines is 1. The molecule has 0 unspecified atom stereocenters. The van der Waals surface area contributed by atoms with Gasteiger partial charge in [-0.3, -0.25) is 14.6 Å². The highest BCUT2D eigenvalue weighted by molar-refractivity contribution is 6.07. The summed E-state index contributed by atoms with van der Waals surface area (Å²) in [6, 6.07) is 1.70. The third kappa shape index (κ3) is 1.74. The van der Waals surface area contributed by atoms with Gasteiger partial charge in [-0.25, -0.2) is 0 Å². The van der Waals surface area contributed by atoms with Crippen molar-refractivity contribution in [1.82, 2.24) is 20.0 Å². The summed E-state index contributed by atoms with van der Waals surface area (Å²) >= 11 is 0. The van der Waals surface area contributed by atoms with E-state index in [1.54, 1.807) is 30.9 Å². The molecule has 4 N–H and O–H groups in total. The predicted molar refractivity (Wildman–Crippen MR) is 58.9 cm³/mol. The van der Waals surface area contributed by atoms with Crippen molar-refractivity contribution in [1.29, 1.82) is 0 Å². The highest BCUT2D eigenvalue weighted by Crippen LogP contribution is 2.14. The van der Waals surface area contributed by atoms with E-state index in [0.717, 1.165) is 0 Å². The first kappa shape index (κ1) is 10.2. The molecule has 16 heavy (non-hydrogen) atoms. The number of carbonyl (C=O) groups is 1. The number of hydrogen-bond donors (Lipinski definition) is 3. The molecule has 2 aromatic heterocycles. The number of hydrogen-bond acceptors (Lipinski definition) is 4. The van der Waals surface area contributed by atoms with Gasteiger partial charge in [-0.15, -0.1) is 0 Å². The van der Waals surface area contributed by atoms with Crippen LogP contribution in [-0.4, -0.2) is 25.9 Å². The fraction of sp³-hybridized carbons (Fsp3) is 0.222. The molecule has 7 heteroatoms. The second-order valence-corrected chi connectivity index (χ2v) is 3.44. The molecule has 0 spiro atoms. The summed E-state index contributed by atoms with van der Waals surface area (Å²) in [5, 5.41) is 13.1. The molecular formula is C9H12N6O. The summed E-state index contributed by atoms with van der Waals surface area (Å²) in [5.41, 5.74) is 6.56. The monoisotopic (exact) mass is 220 g/mol. The number of rotatable bonds is 2. The van der Waals surface area contributed by atoms with Gasteiger partial charge in [0.25, 0.3) is 5.91 Å². The minimum absolute atomic E-state index is 0.186. The van der Waals surface area contributed by atoms with E-state index in [4.69, 9.17) is 5.73 Å². The maximum atomic E-state index is 11.8. The van der Waals surface area contributed by atoms with Gasteiger partial charge in [0.15, 0.2) is 11.6 Å². The van der Waals surface area contributed by atoms with Gasteiger partial charge in [-0.1, -0.05) is 0 Å². The Bertz CT molecular complexity index is 506. The molecule has 2 aromatic rings. The first-order chi connectivity index (χ1) is 7.58. The van der Waals surface area contributed by atoms with Gasteiger partial charge in [0.2, 0.25) is 0 Å². The van der Waals surface area contributed by atoms with E-state index in [1.807, 2.05) is 0 Å². The number of amides is 1. The minimum Gasteiger partial charge on any atom is -0.382 e. The molecule has 7 nitrogen and oxygen atoms in total. The number of carbonyl (C=O) groups excluding carboxylic acids is 1. The molecule has 0 bridgehead atoms. The van der Waals surface area contributed by atoms with Crippen molar-refractivity contribution in [3.8, 4) is 0 Å². The smallest absolute Gasteiger partial charge is 0.262 e. The summed E-state index contributed by atoms with van der Waals surface area (Å²) in [6.45, 7) is 1.73. The second-order valence-electron chi connectivity index (χ2n) is 3.44. The molecule has 0 aromatic carbocycles. The molecule has 0 saturated carbocycles. The number of aryl methyl sites for hydroxylation is 2. The fourth-order valence-electron chi connectivity index (χ4n) is 1.40. The van der Waals surface area contributed by atoms with Crippen LogP contribution in [0.2, 0.25) is 0 Å². The number of nitrogen functional groups attached to an aromatic ring is 1. The Morgan fingerprint density at radius 3 is 2.88 bits per heavy atom. The number of nitrogens with two attached hydrogens (primary N) is 1. The van der Waals surface area contributed by atoms with Crippen LogP contribution in [0.1, 0.15) is 16.1 Å². The van der Waals surface area contributed by atoms with E-state index in [-0.39, 0.29) is 11.7 Å². The van der Waals surface area contributed by atoms with E-state index in [2.05, 4.69) is 20.6 Å². The minimum atomic E-state index is -0.317. The molecular weight excluding hydrogens is 208 g/mol. The molecule has 2 rings (SSSR count). The quantitative estimate of drug-likeness (QED) is 0.676. The van der Waals surface area contributed by atoms with Crippen molar-refractivity contribution in [2.45, 2.75) is 6.92 Å². The molecule has 0 fully saturated rings. The molecule has 0 aliphatic heterocycles. The standard InChI is InChI=1S/C9H12N6O/c1-5-7(8(10)13-12-5)9(16)11-6-3-4-15(2)14-6/h3-4H,1-2H3,(H3,10,12,13)(H,11,14,16). The molecule has 0 radical (unpaired) electrons. The van der Waals surface area contributed by atoms with Crippen LogP contribution >= 0.6 is 0 Å². The zero-order valence-corrected chi connectivity index (χ0v) is 8.98. The highest BCUT2D eigenvalue weighted by Gasteiger charge is 2.16. The number of aromatic nitrogens is 4. The van der Waals surface area contributed by atoms with E-state index < -0.39 is 0 Å². The van der Waals surface area contributed by atoms with E-state index in [9.17, 15) is 4.79 Å². The van der Waals surface area contributed by atoms with Gasteiger partial charge in [0.05, 0.1) is 0 Å².